The Balaban J connectivity index is 0.000000169. The first-order valence-electron chi connectivity index (χ1n) is 22.7. The van der Waals surface area contributed by atoms with Gasteiger partial charge in [0, 0.05) is 10.8 Å². The number of benzene rings is 7. The molecule has 2 aliphatic carbocycles. The van der Waals surface area contributed by atoms with Crippen LogP contribution in [-0.4, -0.2) is 4.57 Å². The summed E-state index contributed by atoms with van der Waals surface area (Å²) >= 11 is 0. The van der Waals surface area contributed by atoms with Crippen LogP contribution >= 0.6 is 0 Å². The van der Waals surface area contributed by atoms with Gasteiger partial charge in [0.25, 0.3) is 0 Å². The molecule has 1 heteroatoms. The molecular weight excluding hydrogens is 747 g/mol. The first-order valence-corrected chi connectivity index (χ1v) is 22.7. The highest BCUT2D eigenvalue weighted by Crippen LogP contribution is 2.62. The zero-order valence-corrected chi connectivity index (χ0v) is 37.2. The van der Waals surface area contributed by atoms with Gasteiger partial charge in [-0.3, -0.25) is 0 Å². The zero-order valence-electron chi connectivity index (χ0n) is 37.2. The third-order valence-corrected chi connectivity index (χ3v) is 12.6. The van der Waals surface area contributed by atoms with Gasteiger partial charge in [-0.1, -0.05) is 197 Å². The zero-order chi connectivity index (χ0) is 43.2. The molecule has 2 heterocycles. The van der Waals surface area contributed by atoms with E-state index in [2.05, 4.69) is 208 Å². The number of hydrogen-bond acceptors (Lipinski definition) is 0. The van der Waals surface area contributed by atoms with Crippen molar-refractivity contribution in [1.82, 2.24) is 4.57 Å². The van der Waals surface area contributed by atoms with Gasteiger partial charge in [-0.25, -0.2) is 0 Å². The van der Waals surface area contributed by atoms with Crippen molar-refractivity contribution >= 4 is 38.5 Å². The Morgan fingerprint density at radius 3 is 1.98 bits per heavy atom. The first kappa shape index (κ1) is 42.0. The van der Waals surface area contributed by atoms with Gasteiger partial charge in [0.15, 0.2) is 0 Å². The maximum atomic E-state index is 4.29. The molecule has 1 nitrogen and oxygen atoms in total. The maximum Gasteiger partial charge on any atom is 0.0714 e. The highest BCUT2D eigenvalue weighted by Gasteiger charge is 2.52. The standard InChI is InChI=1S/C34H27N.C22H20.C3H6.C2H6/c1-21(2)22-18-19-29-32(20-22)35-31-17-8-5-12-25(31)26-13-9-16-30(33(26)35)34(29)27-14-6-3-10-23(27)24-11-4-7-15-28(24)34;1-2-10-22(19-13-7-4-8-14-19)21-16-9-15-20(17-21)18-11-5-3-6-12-18;1-3-2;1-2/h3,5-6,8-10,12-14,16-20H,1,4,7,11,15H2,2H3;3-17H,2H2,1H3;3H,1H2,2H3;1-2H3/b;22-10-;;. The van der Waals surface area contributed by atoms with Crippen LogP contribution < -0.4 is 0 Å². The van der Waals surface area contributed by atoms with Crippen molar-refractivity contribution in [2.45, 2.75) is 72.1 Å². The molecule has 11 rings (SSSR count). The Hall–Kier alpha value is -6.70. The molecule has 0 fully saturated rings. The van der Waals surface area contributed by atoms with Crippen molar-refractivity contribution in [2.24, 2.45) is 0 Å². The molecule has 1 unspecified atom stereocenters. The topological polar surface area (TPSA) is 4.93 Å². The number of para-hydroxylation sites is 2. The van der Waals surface area contributed by atoms with E-state index >= 15 is 0 Å². The van der Waals surface area contributed by atoms with E-state index in [9.17, 15) is 0 Å². The van der Waals surface area contributed by atoms with E-state index in [1.165, 1.54) is 109 Å². The minimum absolute atomic E-state index is 0.223. The van der Waals surface area contributed by atoms with Crippen molar-refractivity contribution in [2.75, 3.05) is 0 Å². The molecular formula is C61H59N. The molecule has 7 aromatic carbocycles. The van der Waals surface area contributed by atoms with Gasteiger partial charge < -0.3 is 4.57 Å². The lowest BCUT2D eigenvalue weighted by atomic mass is 9.63. The number of fused-ring (bicyclic) bond motifs is 11. The van der Waals surface area contributed by atoms with Crippen molar-refractivity contribution < 1.29 is 0 Å². The Morgan fingerprint density at radius 2 is 1.23 bits per heavy atom. The Morgan fingerprint density at radius 1 is 0.613 bits per heavy atom. The smallest absolute Gasteiger partial charge is 0.0714 e. The SMILES string of the molecule is C=C(C)c1ccc2c(c1)-n1c3ccccc3c3cccc(c31)C21C2=C(CCCC2)c2ccccc21.C=CC.CC.CC/C=C(/c1ccccc1)c1cccc(-c2ccccc2)c1. The molecule has 1 aliphatic heterocycles. The number of rotatable bonds is 5. The number of allylic oxidation sites excluding steroid dienone is 5. The molecule has 0 N–H and O–H groups in total. The molecule has 62 heavy (non-hydrogen) atoms. The fourth-order valence-corrected chi connectivity index (χ4v) is 10.2. The van der Waals surface area contributed by atoms with Gasteiger partial charge in [0.05, 0.1) is 22.1 Å². The highest BCUT2D eigenvalue weighted by molar-refractivity contribution is 6.12. The second-order valence-corrected chi connectivity index (χ2v) is 16.3. The molecule has 0 bridgehead atoms. The van der Waals surface area contributed by atoms with Crippen LogP contribution in [0.2, 0.25) is 0 Å². The van der Waals surface area contributed by atoms with E-state index < -0.39 is 0 Å². The summed E-state index contributed by atoms with van der Waals surface area (Å²) in [7, 11) is 0. The van der Waals surface area contributed by atoms with Crippen LogP contribution in [0.4, 0.5) is 0 Å². The van der Waals surface area contributed by atoms with Gasteiger partial charge in [-0.2, -0.15) is 0 Å². The third kappa shape index (κ3) is 7.20. The van der Waals surface area contributed by atoms with E-state index in [0.29, 0.717) is 0 Å². The monoisotopic (exact) mass is 805 g/mol. The number of nitrogens with zero attached hydrogens (tertiary/aromatic N) is 1. The third-order valence-electron chi connectivity index (χ3n) is 12.6. The quantitative estimate of drug-likeness (QED) is 0.153. The lowest BCUT2D eigenvalue weighted by Crippen LogP contribution is -2.35. The summed E-state index contributed by atoms with van der Waals surface area (Å²) in [6, 6.07) is 62.2. The largest absolute Gasteiger partial charge is 0.309 e. The normalized spacial score (nSPS) is 15.5. The molecule has 1 aromatic heterocycles. The van der Waals surface area contributed by atoms with Gasteiger partial charge in [-0.05, 0) is 131 Å². The Labute approximate surface area is 370 Å². The summed E-state index contributed by atoms with van der Waals surface area (Å²) in [4.78, 5) is 0. The summed E-state index contributed by atoms with van der Waals surface area (Å²) in [5.41, 5.74) is 21.5. The fourth-order valence-electron chi connectivity index (χ4n) is 10.2. The van der Waals surface area contributed by atoms with Gasteiger partial charge in [-0.15, -0.1) is 6.58 Å². The molecule has 0 saturated heterocycles. The fraction of sp³-hybridized carbons (Fsp3) is 0.180. The van der Waals surface area contributed by atoms with Crippen molar-refractivity contribution in [3.8, 4) is 16.8 Å². The number of hydrogen-bond donors (Lipinski definition) is 0. The molecule has 3 aliphatic rings. The van der Waals surface area contributed by atoms with Gasteiger partial charge >= 0.3 is 0 Å². The van der Waals surface area contributed by atoms with Crippen LogP contribution in [0.15, 0.2) is 201 Å². The first-order chi connectivity index (χ1) is 30.5. The van der Waals surface area contributed by atoms with Crippen molar-refractivity contribution in [1.29, 1.82) is 0 Å². The van der Waals surface area contributed by atoms with E-state index in [4.69, 9.17) is 0 Å². The summed E-state index contributed by atoms with van der Waals surface area (Å²) in [6.45, 7) is 17.8. The average molecular weight is 806 g/mol. The van der Waals surface area contributed by atoms with Crippen LogP contribution in [0.3, 0.4) is 0 Å². The summed E-state index contributed by atoms with van der Waals surface area (Å²) in [5.74, 6) is 0. The van der Waals surface area contributed by atoms with E-state index in [-0.39, 0.29) is 5.41 Å². The molecule has 308 valence electrons. The van der Waals surface area contributed by atoms with Gasteiger partial charge in [0.2, 0.25) is 0 Å². The van der Waals surface area contributed by atoms with Crippen LogP contribution in [0.5, 0.6) is 0 Å². The predicted molar refractivity (Wildman–Crippen MR) is 270 cm³/mol. The van der Waals surface area contributed by atoms with Crippen LogP contribution in [-0.2, 0) is 5.41 Å². The summed E-state index contributed by atoms with van der Waals surface area (Å²) in [6.07, 6.45) is 10.00. The second kappa shape index (κ2) is 18.5. The van der Waals surface area contributed by atoms with Crippen molar-refractivity contribution in [3.63, 3.8) is 0 Å². The summed E-state index contributed by atoms with van der Waals surface area (Å²) in [5, 5.41) is 2.68. The summed E-state index contributed by atoms with van der Waals surface area (Å²) < 4.78 is 2.54. The Kier molecular flexibility index (Phi) is 12.5. The second-order valence-electron chi connectivity index (χ2n) is 16.3. The van der Waals surface area contributed by atoms with Crippen LogP contribution in [0.1, 0.15) is 106 Å². The van der Waals surface area contributed by atoms with E-state index in [1.807, 2.05) is 20.8 Å². The van der Waals surface area contributed by atoms with Crippen LogP contribution in [0.25, 0.3) is 55.3 Å². The molecule has 1 atom stereocenters. The molecule has 0 radical (unpaired) electrons. The molecule has 0 amide bonds. The minimum Gasteiger partial charge on any atom is -0.309 e. The highest BCUT2D eigenvalue weighted by atomic mass is 15.0. The minimum atomic E-state index is -0.223. The van der Waals surface area contributed by atoms with Crippen molar-refractivity contribution in [3.05, 3.63) is 240 Å². The lowest BCUT2D eigenvalue weighted by molar-refractivity contribution is 0.628. The predicted octanol–water partition coefficient (Wildman–Crippen LogP) is 17.2. The molecule has 8 aromatic rings. The van der Waals surface area contributed by atoms with Gasteiger partial charge in [0.1, 0.15) is 0 Å². The van der Waals surface area contributed by atoms with E-state index in [0.717, 1.165) is 12.0 Å². The maximum absolute atomic E-state index is 4.29. The Bertz CT molecular complexity index is 2950. The molecule has 1 spiro atoms. The number of aromatic nitrogens is 1. The average Bonchev–Trinajstić information content (AvgIpc) is 3.83. The lowest BCUT2D eigenvalue weighted by Gasteiger charge is -2.42. The van der Waals surface area contributed by atoms with E-state index in [1.54, 1.807) is 17.2 Å². The van der Waals surface area contributed by atoms with Crippen LogP contribution in [0, 0.1) is 0 Å². The molecule has 0 saturated carbocycles.